The monoisotopic (exact) mass is 649 g/mol. The van der Waals surface area contributed by atoms with E-state index in [2.05, 4.69) is 25.8 Å². The smallest absolute Gasteiger partial charge is 0.319 e. The number of hydrogen-bond acceptors (Lipinski definition) is 11. The number of terminal acetylenes is 1. The Bertz CT molecular complexity index is 2140. The van der Waals surface area contributed by atoms with Gasteiger partial charge in [0.1, 0.15) is 53.3 Å². The lowest BCUT2D eigenvalue weighted by atomic mass is 9.95. The van der Waals surface area contributed by atoms with Gasteiger partial charge in [-0.05, 0) is 49.9 Å². The molecule has 3 aromatic heterocycles. The van der Waals surface area contributed by atoms with Crippen LogP contribution < -0.4 is 25.8 Å². The zero-order chi connectivity index (χ0) is 33.2. The molecule has 11 nitrogen and oxygen atoms in total. The minimum absolute atomic E-state index is 0.0237. The van der Waals surface area contributed by atoms with Crippen molar-refractivity contribution in [3.05, 3.63) is 59.8 Å². The molecule has 0 radical (unpaired) electrons. The topological polar surface area (TPSA) is 141 Å². The highest BCUT2D eigenvalue weighted by atomic mass is 19.1. The van der Waals surface area contributed by atoms with Gasteiger partial charge in [-0.15, -0.1) is 6.42 Å². The fourth-order valence-corrected chi connectivity index (χ4v) is 7.62. The van der Waals surface area contributed by atoms with Crippen LogP contribution in [0.2, 0.25) is 0 Å². The summed E-state index contributed by atoms with van der Waals surface area (Å²) >= 11 is 0. The van der Waals surface area contributed by atoms with Crippen molar-refractivity contribution >= 4 is 39.0 Å². The van der Waals surface area contributed by atoms with Crippen LogP contribution in [0.3, 0.4) is 0 Å². The summed E-state index contributed by atoms with van der Waals surface area (Å²) in [6, 6.07) is 8.42. The molecule has 13 heteroatoms. The van der Waals surface area contributed by atoms with Crippen molar-refractivity contribution in [3.63, 3.8) is 0 Å². The van der Waals surface area contributed by atoms with Crippen LogP contribution in [0, 0.1) is 18.2 Å². The van der Waals surface area contributed by atoms with Gasteiger partial charge in [0.2, 0.25) is 5.88 Å². The number of benzene rings is 2. The molecule has 8 rings (SSSR count). The lowest BCUT2D eigenvalue weighted by molar-refractivity contribution is 0.107. The fraction of sp³-hybridized carbons (Fsp3) is 0.343. The predicted molar refractivity (Wildman–Crippen MR) is 179 cm³/mol. The lowest BCUT2D eigenvalue weighted by Crippen LogP contribution is -2.43. The summed E-state index contributed by atoms with van der Waals surface area (Å²) in [5, 5.41) is 1.64. The molecule has 48 heavy (non-hydrogen) atoms. The van der Waals surface area contributed by atoms with Gasteiger partial charge in [-0.3, -0.25) is 9.88 Å². The largest absolute Gasteiger partial charge is 0.475 e. The van der Waals surface area contributed by atoms with E-state index < -0.39 is 23.6 Å². The predicted octanol–water partition coefficient (Wildman–Crippen LogP) is 4.84. The first-order valence-electron chi connectivity index (χ1n) is 15.9. The van der Waals surface area contributed by atoms with Crippen molar-refractivity contribution in [1.82, 2.24) is 29.8 Å². The fourth-order valence-electron chi connectivity index (χ4n) is 7.62. The Morgan fingerprint density at radius 2 is 2.00 bits per heavy atom. The van der Waals surface area contributed by atoms with E-state index in [0.29, 0.717) is 53.2 Å². The third-order valence-electron chi connectivity index (χ3n) is 9.82. The molecule has 6 heterocycles. The summed E-state index contributed by atoms with van der Waals surface area (Å²) in [4.78, 5) is 26.9. The van der Waals surface area contributed by atoms with Crippen LogP contribution in [0.4, 0.5) is 26.1 Å². The Morgan fingerprint density at radius 1 is 1.15 bits per heavy atom. The highest BCUT2D eigenvalue weighted by Crippen LogP contribution is 2.44. The van der Waals surface area contributed by atoms with Gasteiger partial charge in [-0.25, -0.2) is 18.7 Å². The molecule has 2 fully saturated rings. The Labute approximate surface area is 275 Å². The minimum atomic E-state index is -0.934. The quantitative estimate of drug-likeness (QED) is 0.193. The maximum Gasteiger partial charge on any atom is 0.319 e. The van der Waals surface area contributed by atoms with E-state index in [1.807, 2.05) is 24.0 Å². The normalized spacial score (nSPS) is 21.1. The van der Waals surface area contributed by atoms with Gasteiger partial charge >= 0.3 is 6.01 Å². The molecule has 0 unspecified atom stereocenters. The molecular formula is C35H33F2N9O2. The first-order valence-corrected chi connectivity index (χ1v) is 15.9. The molecule has 5 aromatic rings. The summed E-state index contributed by atoms with van der Waals surface area (Å²) in [6.07, 6.45) is 10.1. The maximum atomic E-state index is 17.1. The molecule has 3 atom stereocenters. The molecule has 3 aliphatic rings. The van der Waals surface area contributed by atoms with E-state index in [4.69, 9.17) is 37.3 Å². The van der Waals surface area contributed by atoms with Crippen molar-refractivity contribution in [1.29, 1.82) is 0 Å². The number of alkyl halides is 1. The van der Waals surface area contributed by atoms with Gasteiger partial charge in [-0.1, -0.05) is 18.1 Å². The molecule has 0 aliphatic carbocycles. The SMILES string of the molecule is C#Cc1cccc2cc(N)cc(-c3nc4c5c(nc(OC[C@@]67CCCN6C[C@H](F)C7)nc5c3F)N([C@H](C)c3nccnc3N)CCO4)c12. The summed E-state index contributed by atoms with van der Waals surface area (Å²) < 4.78 is 44.2. The number of hydrogen-bond donors (Lipinski definition) is 2. The second kappa shape index (κ2) is 11.4. The van der Waals surface area contributed by atoms with E-state index in [1.54, 1.807) is 24.4 Å². The number of nitrogens with two attached hydrogens (primary N) is 2. The van der Waals surface area contributed by atoms with E-state index in [1.165, 1.54) is 6.20 Å². The zero-order valence-corrected chi connectivity index (χ0v) is 26.3. The van der Waals surface area contributed by atoms with Gasteiger partial charge in [-0.2, -0.15) is 9.97 Å². The molecule has 3 aliphatic heterocycles. The highest BCUT2D eigenvalue weighted by molar-refractivity contribution is 6.04. The van der Waals surface area contributed by atoms with E-state index in [-0.39, 0.29) is 47.5 Å². The van der Waals surface area contributed by atoms with E-state index in [9.17, 15) is 4.39 Å². The van der Waals surface area contributed by atoms with Crippen LogP contribution in [0.5, 0.6) is 11.9 Å². The summed E-state index contributed by atoms with van der Waals surface area (Å²) in [5.74, 6) is 2.73. The van der Waals surface area contributed by atoms with Crippen LogP contribution in [-0.2, 0) is 0 Å². The molecular weight excluding hydrogens is 616 g/mol. The Hall–Kier alpha value is -5.35. The Kier molecular flexibility index (Phi) is 7.14. The van der Waals surface area contributed by atoms with Gasteiger partial charge in [0.05, 0.1) is 18.1 Å². The third-order valence-corrected chi connectivity index (χ3v) is 9.82. The van der Waals surface area contributed by atoms with Gasteiger partial charge in [0, 0.05) is 47.6 Å². The van der Waals surface area contributed by atoms with E-state index >= 15 is 4.39 Å². The number of halogens is 2. The Balaban J connectivity index is 1.33. The number of nitrogens with zero attached hydrogens (tertiary/aromatic N) is 7. The van der Waals surface area contributed by atoms with Gasteiger partial charge in [0.25, 0.3) is 0 Å². The van der Waals surface area contributed by atoms with Crippen molar-refractivity contribution in [2.24, 2.45) is 0 Å². The molecule has 244 valence electrons. The molecule has 0 bridgehead atoms. The number of ether oxygens (including phenoxy) is 2. The molecule has 2 saturated heterocycles. The first-order chi connectivity index (χ1) is 23.3. The minimum Gasteiger partial charge on any atom is -0.475 e. The van der Waals surface area contributed by atoms with Crippen LogP contribution in [-0.4, -0.2) is 74.4 Å². The summed E-state index contributed by atoms with van der Waals surface area (Å²) in [6.45, 7) is 3.77. The van der Waals surface area contributed by atoms with Crippen molar-refractivity contribution < 1.29 is 18.3 Å². The van der Waals surface area contributed by atoms with Crippen LogP contribution in [0.1, 0.15) is 43.5 Å². The number of rotatable bonds is 6. The zero-order valence-electron chi connectivity index (χ0n) is 26.3. The summed E-state index contributed by atoms with van der Waals surface area (Å²) in [5.41, 5.74) is 13.9. The van der Waals surface area contributed by atoms with Crippen LogP contribution in [0.25, 0.3) is 32.9 Å². The third kappa shape index (κ3) is 4.78. The van der Waals surface area contributed by atoms with Crippen LogP contribution in [0.15, 0.2) is 42.7 Å². The van der Waals surface area contributed by atoms with Crippen molar-refractivity contribution in [2.45, 2.75) is 43.9 Å². The number of anilines is 3. The van der Waals surface area contributed by atoms with Crippen molar-refractivity contribution in [2.75, 3.05) is 49.2 Å². The molecule has 0 amide bonds. The van der Waals surface area contributed by atoms with Gasteiger partial charge in [0.15, 0.2) is 5.82 Å². The maximum absolute atomic E-state index is 17.1. The number of fused-ring (bicyclic) bond motifs is 2. The summed E-state index contributed by atoms with van der Waals surface area (Å²) in [7, 11) is 0. The number of pyridine rings is 1. The standard InChI is InChI=1S/C35H33F2N9O2/c1-3-20-6-4-7-21-14-23(38)15-24(25(20)21)29-27(37)30-26-32(44-34(43-30)48-18-35-8-5-11-45(35)17-22(36)16-35)46(12-13-47-33(26)42-29)19(2)28-31(39)41-10-9-40-28/h1,4,6-7,9-10,14-15,19,22H,5,8,11-13,16-18,38H2,2H3,(H2,39,41)/t19-,22-,35+/m1/s1. The van der Waals surface area contributed by atoms with Crippen LogP contribution >= 0.6 is 0 Å². The molecule has 0 saturated carbocycles. The average molecular weight is 650 g/mol. The average Bonchev–Trinajstić information content (AvgIpc) is 3.54. The second-order valence-electron chi connectivity index (χ2n) is 12.7. The first kappa shape index (κ1) is 30.0. The second-order valence-corrected chi connectivity index (χ2v) is 12.7. The molecule has 4 N–H and O–H groups in total. The lowest BCUT2D eigenvalue weighted by Gasteiger charge is -2.31. The van der Waals surface area contributed by atoms with Crippen molar-refractivity contribution in [3.8, 4) is 35.5 Å². The highest BCUT2D eigenvalue weighted by Gasteiger charge is 2.49. The number of aromatic nitrogens is 5. The van der Waals surface area contributed by atoms with E-state index in [0.717, 1.165) is 24.8 Å². The molecule has 2 aromatic carbocycles. The van der Waals surface area contributed by atoms with Gasteiger partial charge < -0.3 is 25.8 Å². The molecule has 0 spiro atoms. The number of nitrogen functional groups attached to an aromatic ring is 2. The Morgan fingerprint density at radius 3 is 2.83 bits per heavy atom.